The van der Waals surface area contributed by atoms with Gasteiger partial charge in [0.1, 0.15) is 11.4 Å². The third-order valence-corrected chi connectivity index (χ3v) is 1.64. The summed E-state index contributed by atoms with van der Waals surface area (Å²) in [4.78, 5) is 20.3. The van der Waals surface area contributed by atoms with Crippen molar-refractivity contribution in [3.63, 3.8) is 0 Å². The zero-order valence-corrected chi connectivity index (χ0v) is 9.05. The monoisotopic (exact) mass is 242 g/mol. The molecule has 0 fully saturated rings. The molecule has 0 bridgehead atoms. The minimum Gasteiger partial charge on any atom is -0.481 e. The average molecular weight is 243 g/mol. The zero-order valence-electron chi connectivity index (χ0n) is 7.54. The SMILES string of the molecule is O=C(O)CCCCC(=O)OCC(Cl)Cl. The molecule has 0 aromatic heterocycles. The number of hydrogen-bond donors (Lipinski definition) is 1. The van der Waals surface area contributed by atoms with Crippen molar-refractivity contribution in [3.05, 3.63) is 0 Å². The van der Waals surface area contributed by atoms with Crippen LogP contribution in [0.5, 0.6) is 0 Å². The highest BCUT2D eigenvalue weighted by atomic mass is 35.5. The van der Waals surface area contributed by atoms with Gasteiger partial charge in [-0.1, -0.05) is 0 Å². The largest absolute Gasteiger partial charge is 0.481 e. The topological polar surface area (TPSA) is 63.6 Å². The first-order chi connectivity index (χ1) is 6.52. The number of carbonyl (C=O) groups is 2. The van der Waals surface area contributed by atoms with E-state index >= 15 is 0 Å². The number of unbranched alkanes of at least 4 members (excludes halogenated alkanes) is 1. The smallest absolute Gasteiger partial charge is 0.305 e. The quantitative estimate of drug-likeness (QED) is 0.422. The fourth-order valence-electron chi connectivity index (χ4n) is 0.774. The Balaban J connectivity index is 3.31. The molecule has 0 saturated carbocycles. The lowest BCUT2D eigenvalue weighted by Gasteiger charge is -2.03. The lowest BCUT2D eigenvalue weighted by atomic mass is 10.2. The molecule has 0 aliphatic heterocycles. The van der Waals surface area contributed by atoms with E-state index in [0.29, 0.717) is 12.8 Å². The number of halogens is 2. The Morgan fingerprint density at radius 3 is 2.29 bits per heavy atom. The second kappa shape index (κ2) is 7.88. The van der Waals surface area contributed by atoms with Crippen molar-refractivity contribution in [2.75, 3.05) is 6.61 Å². The average Bonchev–Trinajstić information content (AvgIpc) is 2.08. The van der Waals surface area contributed by atoms with Crippen LogP contribution in [0.25, 0.3) is 0 Å². The highest BCUT2D eigenvalue weighted by molar-refractivity contribution is 6.44. The first-order valence-corrected chi connectivity index (χ1v) is 5.05. The van der Waals surface area contributed by atoms with Gasteiger partial charge in [-0.3, -0.25) is 9.59 Å². The molecule has 0 unspecified atom stereocenters. The summed E-state index contributed by atoms with van der Waals surface area (Å²) < 4.78 is 4.66. The van der Waals surface area contributed by atoms with Crippen molar-refractivity contribution in [1.29, 1.82) is 0 Å². The van der Waals surface area contributed by atoms with Gasteiger partial charge in [-0.2, -0.15) is 0 Å². The van der Waals surface area contributed by atoms with E-state index in [1.54, 1.807) is 0 Å². The van der Waals surface area contributed by atoms with Gasteiger partial charge in [0.05, 0.1) is 0 Å². The number of carboxylic acid groups (broad SMARTS) is 1. The predicted octanol–water partition coefficient (Wildman–Crippen LogP) is 1.98. The standard InChI is InChI=1S/C8H12Cl2O4/c9-6(10)5-14-8(13)4-2-1-3-7(11)12/h6H,1-5H2,(H,11,12). The van der Waals surface area contributed by atoms with Gasteiger partial charge >= 0.3 is 11.9 Å². The van der Waals surface area contributed by atoms with Gasteiger partial charge in [0.15, 0.2) is 0 Å². The Kier molecular flexibility index (Phi) is 7.61. The van der Waals surface area contributed by atoms with E-state index in [1.807, 2.05) is 0 Å². The van der Waals surface area contributed by atoms with E-state index in [2.05, 4.69) is 4.74 Å². The highest BCUT2D eigenvalue weighted by Crippen LogP contribution is 2.05. The minimum absolute atomic E-state index is 0.0269. The van der Waals surface area contributed by atoms with Crippen molar-refractivity contribution in [2.24, 2.45) is 0 Å². The van der Waals surface area contributed by atoms with E-state index in [4.69, 9.17) is 28.3 Å². The summed E-state index contributed by atoms with van der Waals surface area (Å²) in [5.41, 5.74) is 0. The molecule has 0 aromatic rings. The number of aliphatic carboxylic acids is 1. The number of carbonyl (C=O) groups excluding carboxylic acids is 1. The maximum absolute atomic E-state index is 10.9. The molecule has 0 saturated heterocycles. The van der Waals surface area contributed by atoms with Gasteiger partial charge < -0.3 is 9.84 Å². The number of rotatable bonds is 7. The minimum atomic E-state index is -0.861. The fraction of sp³-hybridized carbons (Fsp3) is 0.750. The van der Waals surface area contributed by atoms with Crippen LogP contribution in [0.3, 0.4) is 0 Å². The van der Waals surface area contributed by atoms with Crippen LogP contribution in [0, 0.1) is 0 Å². The van der Waals surface area contributed by atoms with Gasteiger partial charge in [-0.25, -0.2) is 0 Å². The molecular formula is C8H12Cl2O4. The first-order valence-electron chi connectivity index (χ1n) is 4.18. The summed E-state index contributed by atoms with van der Waals surface area (Å²) in [5, 5.41) is 8.30. The number of hydrogen-bond acceptors (Lipinski definition) is 3. The predicted molar refractivity (Wildman–Crippen MR) is 52.6 cm³/mol. The molecule has 0 rings (SSSR count). The van der Waals surface area contributed by atoms with Gasteiger partial charge in [0.25, 0.3) is 0 Å². The third kappa shape index (κ3) is 9.61. The number of ether oxygens (including phenoxy) is 1. The summed E-state index contributed by atoms with van der Waals surface area (Å²) in [7, 11) is 0. The van der Waals surface area contributed by atoms with Crippen LogP contribution >= 0.6 is 23.2 Å². The lowest BCUT2D eigenvalue weighted by molar-refractivity contribution is -0.144. The van der Waals surface area contributed by atoms with Gasteiger partial charge in [-0.15, -0.1) is 23.2 Å². The maximum Gasteiger partial charge on any atom is 0.305 e. The molecule has 0 atom stereocenters. The molecule has 14 heavy (non-hydrogen) atoms. The van der Waals surface area contributed by atoms with Crippen LogP contribution in [0.1, 0.15) is 25.7 Å². The van der Waals surface area contributed by atoms with Crippen molar-refractivity contribution in [2.45, 2.75) is 30.5 Å². The maximum atomic E-state index is 10.9. The van der Waals surface area contributed by atoms with Gasteiger partial charge in [0.2, 0.25) is 0 Å². The van der Waals surface area contributed by atoms with Crippen LogP contribution in [0.15, 0.2) is 0 Å². The fourth-order valence-corrected chi connectivity index (χ4v) is 0.900. The van der Waals surface area contributed by atoms with E-state index in [0.717, 1.165) is 0 Å². The van der Waals surface area contributed by atoms with E-state index in [-0.39, 0.29) is 19.4 Å². The molecule has 0 spiro atoms. The summed E-state index contributed by atoms with van der Waals surface area (Å²) in [6, 6.07) is 0. The Hall–Kier alpha value is -0.480. The normalized spacial score (nSPS) is 10.2. The molecule has 82 valence electrons. The summed E-state index contributed by atoms with van der Waals surface area (Å²) in [6.07, 6.45) is 1.24. The van der Waals surface area contributed by atoms with Gasteiger partial charge in [0, 0.05) is 12.8 Å². The second-order valence-corrected chi connectivity index (χ2v) is 3.95. The Morgan fingerprint density at radius 1 is 1.21 bits per heavy atom. The Bertz CT molecular complexity index is 194. The van der Waals surface area contributed by atoms with Crippen LogP contribution in [0.2, 0.25) is 0 Å². The number of esters is 1. The highest BCUT2D eigenvalue weighted by Gasteiger charge is 2.06. The van der Waals surface area contributed by atoms with Crippen LogP contribution in [-0.4, -0.2) is 28.5 Å². The molecule has 0 aliphatic carbocycles. The van der Waals surface area contributed by atoms with Gasteiger partial charge in [-0.05, 0) is 12.8 Å². The molecule has 1 N–H and O–H groups in total. The molecule has 0 amide bonds. The summed E-state index contributed by atoms with van der Waals surface area (Å²) >= 11 is 10.7. The molecular weight excluding hydrogens is 231 g/mol. The Labute approximate surface area is 92.1 Å². The van der Waals surface area contributed by atoms with Crippen molar-refractivity contribution in [1.82, 2.24) is 0 Å². The lowest BCUT2D eigenvalue weighted by Crippen LogP contribution is -2.10. The molecule has 0 aliphatic rings. The van der Waals surface area contributed by atoms with Crippen molar-refractivity contribution >= 4 is 35.1 Å². The summed E-state index contributed by atoms with van der Waals surface area (Å²) in [5.74, 6) is -1.26. The van der Waals surface area contributed by atoms with Crippen LogP contribution in [0.4, 0.5) is 0 Å². The van der Waals surface area contributed by atoms with Crippen LogP contribution < -0.4 is 0 Å². The van der Waals surface area contributed by atoms with Crippen LogP contribution in [-0.2, 0) is 14.3 Å². The van der Waals surface area contributed by atoms with Crippen molar-refractivity contribution in [3.8, 4) is 0 Å². The molecule has 0 aromatic carbocycles. The van der Waals surface area contributed by atoms with E-state index in [1.165, 1.54) is 0 Å². The second-order valence-electron chi connectivity index (χ2n) is 2.67. The molecule has 0 radical (unpaired) electrons. The van der Waals surface area contributed by atoms with Crippen molar-refractivity contribution < 1.29 is 19.4 Å². The molecule has 0 heterocycles. The third-order valence-electron chi connectivity index (χ3n) is 1.39. The van der Waals surface area contributed by atoms with E-state index in [9.17, 15) is 9.59 Å². The Morgan fingerprint density at radius 2 is 1.79 bits per heavy atom. The molecule has 6 heteroatoms. The number of alkyl halides is 2. The summed E-state index contributed by atoms with van der Waals surface area (Å²) in [6.45, 7) is -0.0269. The van der Waals surface area contributed by atoms with E-state index < -0.39 is 16.8 Å². The first kappa shape index (κ1) is 13.5. The number of carboxylic acids is 1. The zero-order chi connectivity index (χ0) is 11.0. The molecule has 4 nitrogen and oxygen atoms in total.